The van der Waals surface area contributed by atoms with E-state index in [9.17, 15) is 0 Å². The lowest BCUT2D eigenvalue weighted by Crippen LogP contribution is -2.43. The molecule has 0 amide bonds. The maximum absolute atomic E-state index is 8.87. The van der Waals surface area contributed by atoms with E-state index in [0.717, 1.165) is 13.1 Å². The van der Waals surface area contributed by atoms with Crippen molar-refractivity contribution in [2.24, 2.45) is 5.92 Å². The second kappa shape index (κ2) is 5.18. The lowest BCUT2D eigenvalue weighted by Gasteiger charge is -2.31. The Labute approximate surface area is 78.7 Å². The third-order valence-electron chi connectivity index (χ3n) is 2.18. The molecule has 4 nitrogen and oxygen atoms in total. The number of morpholine rings is 1. The van der Waals surface area contributed by atoms with E-state index in [4.69, 9.17) is 15.1 Å². The standard InChI is InChI=1S/C9H16N2O2/c1-8(7-12)5-11-2-3-13-9(4-10)6-11/h8-9,12H,2-3,5-7H2,1H3. The molecule has 1 heterocycles. The SMILES string of the molecule is CC(CO)CN1CCOC(C#N)C1. The largest absolute Gasteiger partial charge is 0.396 e. The number of nitriles is 1. The zero-order chi connectivity index (χ0) is 9.68. The zero-order valence-corrected chi connectivity index (χ0v) is 7.94. The highest BCUT2D eigenvalue weighted by Gasteiger charge is 2.20. The Morgan fingerprint density at radius 3 is 3.15 bits per heavy atom. The van der Waals surface area contributed by atoms with Crippen LogP contribution in [0.3, 0.4) is 0 Å². The first-order chi connectivity index (χ1) is 6.26. The van der Waals surface area contributed by atoms with Crippen molar-refractivity contribution in [3.63, 3.8) is 0 Å². The summed E-state index contributed by atoms with van der Waals surface area (Å²) in [5.74, 6) is 0.275. The Morgan fingerprint density at radius 2 is 2.54 bits per heavy atom. The molecule has 1 N–H and O–H groups in total. The minimum absolute atomic E-state index is 0.203. The van der Waals surface area contributed by atoms with Crippen molar-refractivity contribution in [2.75, 3.05) is 32.8 Å². The van der Waals surface area contributed by atoms with Crippen LogP contribution in [0.25, 0.3) is 0 Å². The molecule has 0 aliphatic carbocycles. The highest BCUT2D eigenvalue weighted by Crippen LogP contribution is 2.06. The summed E-state index contributed by atoms with van der Waals surface area (Å²) in [5, 5.41) is 17.5. The topological polar surface area (TPSA) is 56.5 Å². The van der Waals surface area contributed by atoms with Crippen molar-refractivity contribution in [3.05, 3.63) is 0 Å². The van der Waals surface area contributed by atoms with Gasteiger partial charge in [-0.25, -0.2) is 0 Å². The van der Waals surface area contributed by atoms with Gasteiger partial charge in [-0.2, -0.15) is 5.26 Å². The molecule has 74 valence electrons. The van der Waals surface area contributed by atoms with E-state index < -0.39 is 0 Å². The van der Waals surface area contributed by atoms with Crippen LogP contribution >= 0.6 is 0 Å². The maximum Gasteiger partial charge on any atom is 0.156 e. The predicted molar refractivity (Wildman–Crippen MR) is 48.0 cm³/mol. The second-order valence-electron chi connectivity index (χ2n) is 3.54. The maximum atomic E-state index is 8.87. The molecular formula is C9H16N2O2. The molecule has 0 saturated carbocycles. The molecule has 4 heteroatoms. The molecule has 1 aliphatic rings. The third-order valence-corrected chi connectivity index (χ3v) is 2.18. The van der Waals surface area contributed by atoms with Crippen LogP contribution in [0.4, 0.5) is 0 Å². The van der Waals surface area contributed by atoms with Crippen LogP contribution in [-0.4, -0.2) is 49.0 Å². The van der Waals surface area contributed by atoms with E-state index in [1.807, 2.05) is 6.92 Å². The van der Waals surface area contributed by atoms with Crippen molar-refractivity contribution in [3.8, 4) is 6.07 Å². The van der Waals surface area contributed by atoms with E-state index in [-0.39, 0.29) is 18.6 Å². The molecule has 0 aromatic heterocycles. The number of hydrogen-bond acceptors (Lipinski definition) is 4. The number of aliphatic hydroxyl groups excluding tert-OH is 1. The first-order valence-corrected chi connectivity index (χ1v) is 4.60. The van der Waals surface area contributed by atoms with Crippen LogP contribution in [0, 0.1) is 17.2 Å². The minimum Gasteiger partial charge on any atom is -0.396 e. The van der Waals surface area contributed by atoms with Gasteiger partial charge in [-0.15, -0.1) is 0 Å². The fraction of sp³-hybridized carbons (Fsp3) is 0.889. The van der Waals surface area contributed by atoms with Crippen LogP contribution in [0.15, 0.2) is 0 Å². The average molecular weight is 184 g/mol. The summed E-state index contributed by atoms with van der Waals surface area (Å²) in [6.07, 6.45) is -0.292. The predicted octanol–water partition coefficient (Wildman–Crippen LogP) is -0.161. The first-order valence-electron chi connectivity index (χ1n) is 4.60. The van der Waals surface area contributed by atoms with Gasteiger partial charge in [-0.1, -0.05) is 6.92 Å². The summed E-state index contributed by atoms with van der Waals surface area (Å²) in [5.41, 5.74) is 0. The smallest absolute Gasteiger partial charge is 0.156 e. The Kier molecular flexibility index (Phi) is 4.16. The van der Waals surface area contributed by atoms with Crippen LogP contribution in [0.5, 0.6) is 0 Å². The molecule has 13 heavy (non-hydrogen) atoms. The minimum atomic E-state index is -0.292. The lowest BCUT2D eigenvalue weighted by atomic mass is 10.1. The Balaban J connectivity index is 2.30. The summed E-state index contributed by atoms with van der Waals surface area (Å²) in [6.45, 7) is 5.20. The number of aliphatic hydroxyl groups is 1. The quantitative estimate of drug-likeness (QED) is 0.662. The molecule has 1 rings (SSSR count). The molecule has 1 saturated heterocycles. The van der Waals surface area contributed by atoms with Gasteiger partial charge in [0.15, 0.2) is 6.10 Å². The highest BCUT2D eigenvalue weighted by molar-refractivity contribution is 4.89. The average Bonchev–Trinajstić information content (AvgIpc) is 2.18. The molecule has 0 bridgehead atoms. The summed E-state index contributed by atoms with van der Waals surface area (Å²) in [6, 6.07) is 2.10. The molecule has 2 unspecified atom stereocenters. The van der Waals surface area contributed by atoms with Gasteiger partial charge in [-0.05, 0) is 5.92 Å². The summed E-state index contributed by atoms with van der Waals surface area (Å²) in [7, 11) is 0. The normalized spacial score (nSPS) is 26.7. The second-order valence-corrected chi connectivity index (χ2v) is 3.54. The Bertz CT molecular complexity index is 191. The molecule has 2 atom stereocenters. The van der Waals surface area contributed by atoms with Crippen molar-refractivity contribution < 1.29 is 9.84 Å². The third kappa shape index (κ3) is 3.31. The first kappa shape index (κ1) is 10.5. The molecule has 1 aliphatic heterocycles. The molecule has 0 aromatic rings. The summed E-state index contributed by atoms with van der Waals surface area (Å²) < 4.78 is 5.21. The fourth-order valence-corrected chi connectivity index (χ4v) is 1.44. The number of ether oxygens (including phenoxy) is 1. The van der Waals surface area contributed by atoms with Crippen molar-refractivity contribution in [1.29, 1.82) is 5.26 Å². The van der Waals surface area contributed by atoms with Gasteiger partial charge in [0.25, 0.3) is 0 Å². The fourth-order valence-electron chi connectivity index (χ4n) is 1.44. The number of hydrogen-bond donors (Lipinski definition) is 1. The summed E-state index contributed by atoms with van der Waals surface area (Å²) >= 11 is 0. The molecule has 0 spiro atoms. The van der Waals surface area contributed by atoms with Crippen molar-refractivity contribution >= 4 is 0 Å². The Morgan fingerprint density at radius 1 is 1.77 bits per heavy atom. The van der Waals surface area contributed by atoms with Crippen LogP contribution in [0.1, 0.15) is 6.92 Å². The van der Waals surface area contributed by atoms with Crippen molar-refractivity contribution in [2.45, 2.75) is 13.0 Å². The van der Waals surface area contributed by atoms with Gasteiger partial charge in [0.05, 0.1) is 12.7 Å². The van der Waals surface area contributed by atoms with Gasteiger partial charge < -0.3 is 9.84 Å². The van der Waals surface area contributed by atoms with Crippen molar-refractivity contribution in [1.82, 2.24) is 4.90 Å². The van der Waals surface area contributed by atoms with Gasteiger partial charge >= 0.3 is 0 Å². The highest BCUT2D eigenvalue weighted by atomic mass is 16.5. The van der Waals surface area contributed by atoms with Gasteiger partial charge in [0.1, 0.15) is 0 Å². The van der Waals surface area contributed by atoms with E-state index in [1.54, 1.807) is 0 Å². The van der Waals surface area contributed by atoms with Gasteiger partial charge in [0, 0.05) is 26.2 Å². The number of nitrogens with zero attached hydrogens (tertiary/aromatic N) is 2. The lowest BCUT2D eigenvalue weighted by molar-refractivity contribution is -0.00703. The van der Waals surface area contributed by atoms with E-state index in [2.05, 4.69) is 11.0 Å². The molecule has 0 aromatic carbocycles. The zero-order valence-electron chi connectivity index (χ0n) is 7.94. The molecule has 1 fully saturated rings. The van der Waals surface area contributed by atoms with Crippen LogP contribution < -0.4 is 0 Å². The Hall–Kier alpha value is -0.630. The number of rotatable bonds is 3. The van der Waals surface area contributed by atoms with Gasteiger partial charge in [-0.3, -0.25) is 4.90 Å². The molecule has 0 radical (unpaired) electrons. The van der Waals surface area contributed by atoms with E-state index in [0.29, 0.717) is 13.2 Å². The van der Waals surface area contributed by atoms with E-state index in [1.165, 1.54) is 0 Å². The van der Waals surface area contributed by atoms with Gasteiger partial charge in [0.2, 0.25) is 0 Å². The summed E-state index contributed by atoms with van der Waals surface area (Å²) in [4.78, 5) is 2.16. The molecular weight excluding hydrogens is 168 g/mol. The van der Waals surface area contributed by atoms with Crippen LogP contribution in [-0.2, 0) is 4.74 Å². The van der Waals surface area contributed by atoms with Crippen LogP contribution in [0.2, 0.25) is 0 Å². The monoisotopic (exact) mass is 184 g/mol. The van der Waals surface area contributed by atoms with E-state index >= 15 is 0 Å².